The van der Waals surface area contributed by atoms with Crippen molar-refractivity contribution in [1.82, 2.24) is 10.2 Å². The molecule has 0 radical (unpaired) electrons. The standard InChI is InChI=1S/C15H26N2O4/c1-5-21-14(20)15(2,3)12(18)10-17-9-7-6-8-11(17)13(19)16-4/h11H,5-10H2,1-4H3,(H,16,19). The Bertz CT molecular complexity index is 406. The van der Waals surface area contributed by atoms with E-state index >= 15 is 0 Å². The topological polar surface area (TPSA) is 75.7 Å². The molecule has 1 rings (SSSR count). The maximum Gasteiger partial charge on any atom is 0.319 e. The van der Waals surface area contributed by atoms with Crippen LogP contribution in [0.2, 0.25) is 0 Å². The predicted molar refractivity (Wildman–Crippen MR) is 78.7 cm³/mol. The molecule has 0 bridgehead atoms. The largest absolute Gasteiger partial charge is 0.465 e. The molecule has 120 valence electrons. The zero-order valence-electron chi connectivity index (χ0n) is 13.4. The minimum absolute atomic E-state index is 0.0727. The predicted octanol–water partition coefficient (Wildman–Crippen LogP) is 0.745. The van der Waals surface area contributed by atoms with E-state index in [0.29, 0.717) is 6.54 Å². The SMILES string of the molecule is CCOC(=O)C(C)(C)C(=O)CN1CCCCC1C(=O)NC. The van der Waals surface area contributed by atoms with Gasteiger partial charge >= 0.3 is 5.97 Å². The normalized spacial score (nSPS) is 19.9. The maximum absolute atomic E-state index is 12.4. The van der Waals surface area contributed by atoms with Crippen molar-refractivity contribution in [2.45, 2.75) is 46.1 Å². The van der Waals surface area contributed by atoms with Gasteiger partial charge in [0.2, 0.25) is 5.91 Å². The number of likely N-dealkylation sites (N-methyl/N-ethyl adjacent to an activating group) is 1. The monoisotopic (exact) mass is 298 g/mol. The molecule has 0 aromatic carbocycles. The maximum atomic E-state index is 12.4. The molecule has 1 heterocycles. The number of amides is 1. The minimum atomic E-state index is -1.18. The number of nitrogens with one attached hydrogen (secondary N) is 1. The van der Waals surface area contributed by atoms with Crippen molar-refractivity contribution < 1.29 is 19.1 Å². The smallest absolute Gasteiger partial charge is 0.319 e. The van der Waals surface area contributed by atoms with Crippen LogP contribution in [0.15, 0.2) is 0 Å². The lowest BCUT2D eigenvalue weighted by Gasteiger charge is -2.35. The molecule has 6 heteroatoms. The molecule has 1 N–H and O–H groups in total. The summed E-state index contributed by atoms with van der Waals surface area (Å²) in [5.41, 5.74) is -1.18. The minimum Gasteiger partial charge on any atom is -0.465 e. The summed E-state index contributed by atoms with van der Waals surface area (Å²) in [5.74, 6) is -0.795. The van der Waals surface area contributed by atoms with Gasteiger partial charge in [-0.3, -0.25) is 19.3 Å². The number of ketones is 1. The number of carbonyl (C=O) groups excluding carboxylic acids is 3. The van der Waals surface area contributed by atoms with Gasteiger partial charge in [-0.1, -0.05) is 6.42 Å². The van der Waals surface area contributed by atoms with Crippen LogP contribution in [0.3, 0.4) is 0 Å². The number of ether oxygens (including phenoxy) is 1. The third-order valence-corrected chi connectivity index (χ3v) is 3.99. The van der Waals surface area contributed by atoms with Crippen LogP contribution in [0.25, 0.3) is 0 Å². The molecule has 1 aliphatic rings. The highest BCUT2D eigenvalue weighted by Gasteiger charge is 2.40. The van der Waals surface area contributed by atoms with Crippen LogP contribution in [0.1, 0.15) is 40.0 Å². The number of hydrogen-bond donors (Lipinski definition) is 1. The lowest BCUT2D eigenvalue weighted by molar-refractivity contribution is -0.158. The number of hydrogen-bond acceptors (Lipinski definition) is 5. The summed E-state index contributed by atoms with van der Waals surface area (Å²) >= 11 is 0. The second kappa shape index (κ2) is 7.54. The molecule has 0 aromatic heterocycles. The van der Waals surface area contributed by atoms with Gasteiger partial charge in [0.15, 0.2) is 5.78 Å². The number of nitrogens with zero attached hydrogens (tertiary/aromatic N) is 1. The number of carbonyl (C=O) groups is 3. The fourth-order valence-electron chi connectivity index (χ4n) is 2.45. The van der Waals surface area contributed by atoms with Crippen molar-refractivity contribution in [3.63, 3.8) is 0 Å². The van der Waals surface area contributed by atoms with E-state index in [1.807, 2.05) is 4.90 Å². The first-order valence-electron chi connectivity index (χ1n) is 7.50. The third-order valence-electron chi connectivity index (χ3n) is 3.99. The second-order valence-corrected chi connectivity index (χ2v) is 5.86. The van der Waals surface area contributed by atoms with Crippen LogP contribution in [0.5, 0.6) is 0 Å². The van der Waals surface area contributed by atoms with Crippen molar-refractivity contribution in [2.75, 3.05) is 26.7 Å². The van der Waals surface area contributed by atoms with Gasteiger partial charge in [0.25, 0.3) is 0 Å². The summed E-state index contributed by atoms with van der Waals surface area (Å²) in [6, 6.07) is -0.286. The van der Waals surface area contributed by atoms with Crippen LogP contribution in [-0.4, -0.2) is 55.3 Å². The lowest BCUT2D eigenvalue weighted by Crippen LogP contribution is -2.52. The van der Waals surface area contributed by atoms with E-state index in [4.69, 9.17) is 4.74 Å². The molecule has 0 spiro atoms. The van der Waals surface area contributed by atoms with Crippen LogP contribution < -0.4 is 5.32 Å². The summed E-state index contributed by atoms with van der Waals surface area (Å²) in [6.45, 7) is 5.91. The molecule has 1 atom stereocenters. The Balaban J connectivity index is 2.75. The molecule has 21 heavy (non-hydrogen) atoms. The van der Waals surface area contributed by atoms with E-state index in [2.05, 4.69) is 5.32 Å². The highest BCUT2D eigenvalue weighted by molar-refractivity contribution is 6.04. The quantitative estimate of drug-likeness (QED) is 0.578. The molecule has 1 saturated heterocycles. The van der Waals surface area contributed by atoms with E-state index < -0.39 is 11.4 Å². The average molecular weight is 298 g/mol. The van der Waals surface area contributed by atoms with Crippen molar-refractivity contribution in [3.8, 4) is 0 Å². The lowest BCUT2D eigenvalue weighted by atomic mass is 9.87. The Morgan fingerprint density at radius 1 is 1.29 bits per heavy atom. The first-order chi connectivity index (χ1) is 9.84. The van der Waals surface area contributed by atoms with E-state index in [0.717, 1.165) is 19.3 Å². The van der Waals surface area contributed by atoms with Gasteiger partial charge in [-0.15, -0.1) is 0 Å². The van der Waals surface area contributed by atoms with E-state index in [9.17, 15) is 14.4 Å². The highest BCUT2D eigenvalue weighted by atomic mass is 16.5. The van der Waals surface area contributed by atoms with Crippen molar-refractivity contribution >= 4 is 17.7 Å². The zero-order chi connectivity index (χ0) is 16.0. The Hall–Kier alpha value is -1.43. The molecule has 1 aliphatic heterocycles. The summed E-state index contributed by atoms with van der Waals surface area (Å²) in [5, 5.41) is 2.64. The van der Waals surface area contributed by atoms with Gasteiger partial charge < -0.3 is 10.1 Å². The summed E-state index contributed by atoms with van der Waals surface area (Å²) in [7, 11) is 1.60. The van der Waals surface area contributed by atoms with Crippen molar-refractivity contribution in [2.24, 2.45) is 5.41 Å². The third kappa shape index (κ3) is 4.27. The Labute approximate surface area is 126 Å². The van der Waals surface area contributed by atoms with Gasteiger partial charge in [0.1, 0.15) is 5.41 Å². The summed E-state index contributed by atoms with van der Waals surface area (Å²) < 4.78 is 4.95. The Kier molecular flexibility index (Phi) is 6.33. The molecular weight excluding hydrogens is 272 g/mol. The number of rotatable bonds is 6. The van der Waals surface area contributed by atoms with E-state index in [-0.39, 0.29) is 30.9 Å². The fourth-order valence-corrected chi connectivity index (χ4v) is 2.45. The molecule has 1 unspecified atom stereocenters. The second-order valence-electron chi connectivity index (χ2n) is 5.86. The van der Waals surface area contributed by atoms with Gasteiger partial charge in [0, 0.05) is 7.05 Å². The first kappa shape index (κ1) is 17.6. The van der Waals surface area contributed by atoms with Crippen LogP contribution >= 0.6 is 0 Å². The Morgan fingerprint density at radius 2 is 1.95 bits per heavy atom. The van der Waals surface area contributed by atoms with Crippen molar-refractivity contribution in [3.05, 3.63) is 0 Å². The van der Waals surface area contributed by atoms with Gasteiger partial charge in [0.05, 0.1) is 19.2 Å². The highest BCUT2D eigenvalue weighted by Crippen LogP contribution is 2.23. The van der Waals surface area contributed by atoms with E-state index in [1.165, 1.54) is 0 Å². The van der Waals surface area contributed by atoms with Crippen LogP contribution in [0, 0.1) is 5.41 Å². The number of likely N-dealkylation sites (tertiary alicyclic amines) is 1. The van der Waals surface area contributed by atoms with Gasteiger partial charge in [-0.2, -0.15) is 0 Å². The molecule has 1 fully saturated rings. The zero-order valence-corrected chi connectivity index (χ0v) is 13.4. The fraction of sp³-hybridized carbons (Fsp3) is 0.800. The average Bonchev–Trinajstić information content (AvgIpc) is 2.47. The summed E-state index contributed by atoms with van der Waals surface area (Å²) in [4.78, 5) is 38.1. The first-order valence-corrected chi connectivity index (χ1v) is 7.50. The van der Waals surface area contributed by atoms with Crippen molar-refractivity contribution in [1.29, 1.82) is 0 Å². The molecule has 1 amide bonds. The van der Waals surface area contributed by atoms with Crippen LogP contribution in [0.4, 0.5) is 0 Å². The molecule has 0 aliphatic carbocycles. The Morgan fingerprint density at radius 3 is 2.52 bits per heavy atom. The molecule has 0 saturated carbocycles. The summed E-state index contributed by atoms with van der Waals surface area (Å²) in [6.07, 6.45) is 2.68. The number of piperidine rings is 1. The van der Waals surface area contributed by atoms with E-state index in [1.54, 1.807) is 27.8 Å². The molecule has 0 aromatic rings. The van der Waals surface area contributed by atoms with Gasteiger partial charge in [-0.25, -0.2) is 0 Å². The molecular formula is C15H26N2O4. The number of Topliss-reactive ketones (excluding diaryl/α,β-unsaturated/α-hetero) is 1. The molecule has 6 nitrogen and oxygen atoms in total. The van der Waals surface area contributed by atoms with Gasteiger partial charge in [-0.05, 0) is 40.2 Å². The van der Waals surface area contributed by atoms with Crippen LogP contribution in [-0.2, 0) is 19.1 Å². The number of esters is 1.